The number of nitrogens with zero attached hydrogens (tertiary/aromatic N) is 2. The molecule has 1 fully saturated rings. The van der Waals surface area contributed by atoms with Crippen molar-refractivity contribution in [2.75, 3.05) is 26.2 Å². The second-order valence-corrected chi connectivity index (χ2v) is 5.90. The summed E-state index contributed by atoms with van der Waals surface area (Å²) < 4.78 is 19.1. The van der Waals surface area contributed by atoms with Gasteiger partial charge in [0.2, 0.25) is 5.88 Å². The molecule has 0 bridgehead atoms. The van der Waals surface area contributed by atoms with Gasteiger partial charge >= 0.3 is 0 Å². The highest BCUT2D eigenvalue weighted by atomic mass is 19.1. The van der Waals surface area contributed by atoms with E-state index in [2.05, 4.69) is 29.0 Å². The predicted octanol–water partition coefficient (Wildman–Crippen LogP) is 2.58. The Bertz CT molecular complexity index is 434. The van der Waals surface area contributed by atoms with Gasteiger partial charge in [-0.15, -0.1) is 0 Å². The number of rotatable bonds is 7. The van der Waals surface area contributed by atoms with Crippen LogP contribution in [0.15, 0.2) is 12.3 Å². The molecular formula is C16H26FN3O. The second-order valence-electron chi connectivity index (χ2n) is 5.90. The number of halogens is 1. The van der Waals surface area contributed by atoms with Gasteiger partial charge in [-0.3, -0.25) is 4.90 Å². The Kier molecular flexibility index (Phi) is 6.39. The molecule has 118 valence electrons. The number of hydrogen-bond acceptors (Lipinski definition) is 4. The summed E-state index contributed by atoms with van der Waals surface area (Å²) in [6.45, 7) is 8.52. The molecule has 1 aromatic rings. The minimum Gasteiger partial charge on any atom is -0.476 e. The summed E-state index contributed by atoms with van der Waals surface area (Å²) in [5, 5.41) is 3.27. The van der Waals surface area contributed by atoms with Crippen molar-refractivity contribution >= 4 is 0 Å². The van der Waals surface area contributed by atoms with Gasteiger partial charge in [0.25, 0.3) is 0 Å². The van der Waals surface area contributed by atoms with Crippen LogP contribution in [0, 0.1) is 5.82 Å². The molecule has 0 spiro atoms. The molecule has 1 aromatic heterocycles. The molecular weight excluding hydrogens is 269 g/mol. The lowest BCUT2D eigenvalue weighted by atomic mass is 10.1. The molecule has 0 atom stereocenters. The van der Waals surface area contributed by atoms with Gasteiger partial charge in [0, 0.05) is 24.7 Å². The highest BCUT2D eigenvalue weighted by Crippen LogP contribution is 2.16. The smallest absolute Gasteiger partial charge is 0.218 e. The van der Waals surface area contributed by atoms with Crippen LogP contribution in [0.3, 0.4) is 0 Å². The maximum Gasteiger partial charge on any atom is 0.218 e. The second kappa shape index (κ2) is 8.29. The van der Waals surface area contributed by atoms with Crippen LogP contribution in [0.4, 0.5) is 4.39 Å². The van der Waals surface area contributed by atoms with Crippen molar-refractivity contribution in [3.63, 3.8) is 0 Å². The highest BCUT2D eigenvalue weighted by molar-refractivity contribution is 5.26. The SMILES string of the molecule is CC(C)NCc1cc(F)cnc1OCCN1CCCCC1. The molecule has 0 aliphatic carbocycles. The summed E-state index contributed by atoms with van der Waals surface area (Å²) in [7, 11) is 0. The Morgan fingerprint density at radius 2 is 2.10 bits per heavy atom. The average Bonchev–Trinajstić information content (AvgIpc) is 2.48. The molecule has 1 aliphatic rings. The van der Waals surface area contributed by atoms with Gasteiger partial charge in [-0.1, -0.05) is 20.3 Å². The topological polar surface area (TPSA) is 37.4 Å². The standard InChI is InChI=1S/C16H26FN3O/c1-13(2)18-11-14-10-15(17)12-19-16(14)21-9-8-20-6-4-3-5-7-20/h10,12-13,18H,3-9,11H2,1-2H3. The van der Waals surface area contributed by atoms with E-state index < -0.39 is 0 Å². The molecule has 1 aliphatic heterocycles. The lowest BCUT2D eigenvalue weighted by molar-refractivity contribution is 0.179. The number of aromatic nitrogens is 1. The van der Waals surface area contributed by atoms with Crippen LogP contribution in [-0.4, -0.2) is 42.2 Å². The molecule has 0 unspecified atom stereocenters. The Labute approximate surface area is 126 Å². The predicted molar refractivity (Wildman–Crippen MR) is 82.0 cm³/mol. The summed E-state index contributed by atoms with van der Waals surface area (Å²) in [6, 6.07) is 1.84. The summed E-state index contributed by atoms with van der Waals surface area (Å²) in [5.74, 6) is 0.223. The van der Waals surface area contributed by atoms with Gasteiger partial charge in [0.1, 0.15) is 12.4 Å². The minimum atomic E-state index is -0.320. The van der Waals surface area contributed by atoms with Gasteiger partial charge in [-0.05, 0) is 32.0 Å². The van der Waals surface area contributed by atoms with E-state index in [9.17, 15) is 4.39 Å². The fraction of sp³-hybridized carbons (Fsp3) is 0.688. The van der Waals surface area contributed by atoms with Crippen molar-refractivity contribution in [3.8, 4) is 5.88 Å². The van der Waals surface area contributed by atoms with E-state index in [1.165, 1.54) is 31.5 Å². The van der Waals surface area contributed by atoms with E-state index in [-0.39, 0.29) is 5.82 Å². The van der Waals surface area contributed by atoms with E-state index in [1.54, 1.807) is 0 Å². The van der Waals surface area contributed by atoms with Crippen molar-refractivity contribution in [3.05, 3.63) is 23.6 Å². The summed E-state index contributed by atoms with van der Waals surface area (Å²) in [4.78, 5) is 6.50. The third-order valence-corrected chi connectivity index (χ3v) is 3.69. The van der Waals surface area contributed by atoms with Crippen LogP contribution in [-0.2, 0) is 6.54 Å². The zero-order chi connectivity index (χ0) is 15.1. The van der Waals surface area contributed by atoms with Crippen LogP contribution in [0.25, 0.3) is 0 Å². The summed E-state index contributed by atoms with van der Waals surface area (Å²) in [5.41, 5.74) is 0.780. The third-order valence-electron chi connectivity index (χ3n) is 3.69. The van der Waals surface area contributed by atoms with Gasteiger partial charge in [-0.2, -0.15) is 0 Å². The van der Waals surface area contributed by atoms with Crippen molar-refractivity contribution in [1.82, 2.24) is 15.2 Å². The quantitative estimate of drug-likeness (QED) is 0.839. The molecule has 1 N–H and O–H groups in total. The van der Waals surface area contributed by atoms with Crippen LogP contribution < -0.4 is 10.1 Å². The summed E-state index contributed by atoms with van der Waals surface area (Å²) in [6.07, 6.45) is 5.10. The first kappa shape index (κ1) is 16.2. The van der Waals surface area contributed by atoms with Gasteiger partial charge < -0.3 is 10.1 Å². The zero-order valence-corrected chi connectivity index (χ0v) is 13.1. The van der Waals surface area contributed by atoms with Crippen LogP contribution in [0.1, 0.15) is 38.7 Å². The van der Waals surface area contributed by atoms with E-state index in [4.69, 9.17) is 4.74 Å². The largest absolute Gasteiger partial charge is 0.476 e. The molecule has 0 radical (unpaired) electrons. The molecule has 0 aromatic carbocycles. The van der Waals surface area contributed by atoms with Crippen molar-refractivity contribution in [2.24, 2.45) is 0 Å². The lowest BCUT2D eigenvalue weighted by Crippen LogP contribution is -2.33. The number of likely N-dealkylation sites (tertiary alicyclic amines) is 1. The van der Waals surface area contributed by atoms with E-state index in [0.717, 1.165) is 25.2 Å². The molecule has 1 saturated heterocycles. The molecule has 0 amide bonds. The number of ether oxygens (including phenoxy) is 1. The molecule has 5 heteroatoms. The first-order chi connectivity index (χ1) is 10.1. The van der Waals surface area contributed by atoms with Crippen LogP contribution >= 0.6 is 0 Å². The number of piperidine rings is 1. The molecule has 2 heterocycles. The first-order valence-electron chi connectivity index (χ1n) is 7.88. The molecule has 4 nitrogen and oxygen atoms in total. The van der Waals surface area contributed by atoms with Crippen LogP contribution in [0.5, 0.6) is 5.88 Å². The highest BCUT2D eigenvalue weighted by Gasteiger charge is 2.11. The fourth-order valence-corrected chi connectivity index (χ4v) is 2.49. The molecule has 0 saturated carbocycles. The zero-order valence-electron chi connectivity index (χ0n) is 13.1. The van der Waals surface area contributed by atoms with E-state index in [0.29, 0.717) is 25.1 Å². The third kappa shape index (κ3) is 5.59. The van der Waals surface area contributed by atoms with Crippen molar-refractivity contribution < 1.29 is 9.13 Å². The normalized spacial score (nSPS) is 16.4. The average molecular weight is 295 g/mol. The Hall–Kier alpha value is -1.20. The number of pyridine rings is 1. The Balaban J connectivity index is 1.85. The maximum atomic E-state index is 13.3. The minimum absolute atomic E-state index is 0.320. The van der Waals surface area contributed by atoms with E-state index >= 15 is 0 Å². The number of hydrogen-bond donors (Lipinski definition) is 1. The Morgan fingerprint density at radius 3 is 2.81 bits per heavy atom. The van der Waals surface area contributed by atoms with Crippen molar-refractivity contribution in [1.29, 1.82) is 0 Å². The maximum absolute atomic E-state index is 13.3. The summed E-state index contributed by atoms with van der Waals surface area (Å²) >= 11 is 0. The number of nitrogens with one attached hydrogen (secondary N) is 1. The van der Waals surface area contributed by atoms with Crippen molar-refractivity contribution in [2.45, 2.75) is 45.7 Å². The van der Waals surface area contributed by atoms with E-state index in [1.807, 2.05) is 0 Å². The first-order valence-corrected chi connectivity index (χ1v) is 7.88. The Morgan fingerprint density at radius 1 is 1.33 bits per heavy atom. The molecule has 21 heavy (non-hydrogen) atoms. The van der Waals surface area contributed by atoms with Gasteiger partial charge in [0.15, 0.2) is 0 Å². The molecule has 2 rings (SSSR count). The van der Waals surface area contributed by atoms with Gasteiger partial charge in [-0.25, -0.2) is 9.37 Å². The monoisotopic (exact) mass is 295 g/mol. The van der Waals surface area contributed by atoms with Crippen LogP contribution in [0.2, 0.25) is 0 Å². The fourth-order valence-electron chi connectivity index (χ4n) is 2.49. The van der Waals surface area contributed by atoms with Gasteiger partial charge in [0.05, 0.1) is 6.20 Å². The lowest BCUT2D eigenvalue weighted by Gasteiger charge is -2.26.